The zero-order chi connectivity index (χ0) is 20.6. The third-order valence-electron chi connectivity index (χ3n) is 3.90. The zero-order valence-corrected chi connectivity index (χ0v) is 16.0. The number of hydrazine groups is 1. The van der Waals surface area contributed by atoms with Crippen molar-refractivity contribution in [2.75, 3.05) is 13.7 Å². The third-order valence-corrected chi connectivity index (χ3v) is 3.90. The number of aromatic nitrogens is 2. The lowest BCUT2D eigenvalue weighted by atomic mass is 10.2. The van der Waals surface area contributed by atoms with Crippen molar-refractivity contribution in [1.82, 2.24) is 20.8 Å². The molecule has 1 aromatic heterocycles. The first-order chi connectivity index (χ1) is 14.1. The topological polar surface area (TPSA) is 102 Å². The highest BCUT2D eigenvalue weighted by atomic mass is 16.5. The molecule has 0 fully saturated rings. The van der Waals surface area contributed by atoms with Crippen LogP contribution in [0.4, 0.5) is 0 Å². The van der Waals surface area contributed by atoms with Gasteiger partial charge in [0.05, 0.1) is 36.6 Å². The van der Waals surface area contributed by atoms with Crippen molar-refractivity contribution < 1.29 is 19.1 Å². The van der Waals surface area contributed by atoms with Gasteiger partial charge in [0.15, 0.2) is 11.5 Å². The molecule has 0 spiro atoms. The van der Waals surface area contributed by atoms with E-state index < -0.39 is 11.8 Å². The highest BCUT2D eigenvalue weighted by Crippen LogP contribution is 2.27. The maximum atomic E-state index is 12.2. The summed E-state index contributed by atoms with van der Waals surface area (Å²) in [4.78, 5) is 32.9. The van der Waals surface area contributed by atoms with Crippen LogP contribution in [0.15, 0.2) is 54.7 Å². The summed E-state index contributed by atoms with van der Waals surface area (Å²) in [7, 11) is 1.49. The fraction of sp³-hybridized carbons (Fsp3) is 0.143. The van der Waals surface area contributed by atoms with Crippen LogP contribution in [0, 0.1) is 0 Å². The van der Waals surface area contributed by atoms with Gasteiger partial charge in [-0.25, -0.2) is 4.98 Å². The smallest absolute Gasteiger partial charge is 0.269 e. The molecule has 0 saturated carbocycles. The van der Waals surface area contributed by atoms with Crippen LogP contribution in [0.5, 0.6) is 11.5 Å². The van der Waals surface area contributed by atoms with Gasteiger partial charge in [0.1, 0.15) is 0 Å². The number of hydrogen-bond donors (Lipinski definition) is 2. The van der Waals surface area contributed by atoms with Crippen LogP contribution < -0.4 is 20.3 Å². The summed E-state index contributed by atoms with van der Waals surface area (Å²) < 4.78 is 10.6. The van der Waals surface area contributed by atoms with Crippen LogP contribution in [0.3, 0.4) is 0 Å². The van der Waals surface area contributed by atoms with Crippen molar-refractivity contribution in [1.29, 1.82) is 0 Å². The molecule has 148 valence electrons. The Morgan fingerprint density at radius 1 is 1.07 bits per heavy atom. The number of methoxy groups -OCH3 is 1. The number of hydrogen-bond acceptors (Lipinski definition) is 6. The molecule has 29 heavy (non-hydrogen) atoms. The molecule has 3 rings (SSSR count). The molecule has 0 bridgehead atoms. The molecular weight excluding hydrogens is 372 g/mol. The van der Waals surface area contributed by atoms with Crippen molar-refractivity contribution in [3.05, 3.63) is 66.0 Å². The largest absolute Gasteiger partial charge is 0.493 e. The lowest BCUT2D eigenvalue weighted by molar-refractivity contribution is -0.117. The number of nitrogens with one attached hydrogen (secondary N) is 2. The number of carbonyl (C=O) groups is 2. The average Bonchev–Trinajstić information content (AvgIpc) is 2.76. The predicted molar refractivity (Wildman–Crippen MR) is 108 cm³/mol. The zero-order valence-electron chi connectivity index (χ0n) is 16.0. The van der Waals surface area contributed by atoms with E-state index in [4.69, 9.17) is 9.47 Å². The Balaban J connectivity index is 1.59. The Hall–Kier alpha value is -3.94. The maximum absolute atomic E-state index is 12.2. The summed E-state index contributed by atoms with van der Waals surface area (Å²) in [6.45, 7) is 2.33. The second-order valence-electron chi connectivity index (χ2n) is 5.86. The van der Waals surface area contributed by atoms with Crippen LogP contribution in [-0.2, 0) is 4.79 Å². The van der Waals surface area contributed by atoms with Gasteiger partial charge in [-0.3, -0.25) is 25.4 Å². The first-order valence-corrected chi connectivity index (χ1v) is 8.91. The normalized spacial score (nSPS) is 10.7. The van der Waals surface area contributed by atoms with Gasteiger partial charge in [0.25, 0.3) is 11.8 Å². The molecule has 2 amide bonds. The molecule has 8 heteroatoms. The van der Waals surface area contributed by atoms with E-state index in [1.807, 2.05) is 31.2 Å². The minimum absolute atomic E-state index is 0.315. The molecule has 0 atom stereocenters. The number of fused-ring (bicyclic) bond motifs is 1. The van der Waals surface area contributed by atoms with E-state index in [1.54, 1.807) is 18.3 Å². The Labute approximate surface area is 167 Å². The minimum Gasteiger partial charge on any atom is -0.493 e. The molecule has 3 aromatic rings. The number of ether oxygens (including phenoxy) is 2. The number of para-hydroxylation sites is 2. The van der Waals surface area contributed by atoms with Gasteiger partial charge in [0, 0.05) is 11.6 Å². The Kier molecular flexibility index (Phi) is 6.36. The Morgan fingerprint density at radius 2 is 1.86 bits per heavy atom. The number of carbonyl (C=O) groups excluding carboxylic acids is 2. The third kappa shape index (κ3) is 5.07. The van der Waals surface area contributed by atoms with Crippen molar-refractivity contribution in [3.8, 4) is 11.5 Å². The van der Waals surface area contributed by atoms with E-state index in [9.17, 15) is 9.59 Å². The Bertz CT molecular complexity index is 1070. The molecule has 2 N–H and O–H groups in total. The lowest BCUT2D eigenvalue weighted by Gasteiger charge is -2.11. The molecule has 2 aromatic carbocycles. The van der Waals surface area contributed by atoms with Crippen molar-refractivity contribution in [3.63, 3.8) is 0 Å². The summed E-state index contributed by atoms with van der Waals surface area (Å²) in [6, 6.07) is 12.2. The van der Waals surface area contributed by atoms with Gasteiger partial charge < -0.3 is 9.47 Å². The first-order valence-electron chi connectivity index (χ1n) is 8.91. The van der Waals surface area contributed by atoms with Crippen molar-refractivity contribution in [2.24, 2.45) is 0 Å². The van der Waals surface area contributed by atoms with Gasteiger partial charge in [-0.2, -0.15) is 0 Å². The summed E-state index contributed by atoms with van der Waals surface area (Å²) in [5.74, 6) is -0.0274. The SMILES string of the molecule is CCOc1ccc(C(=O)NNC(=O)/C=C/c2cnc3ccccc3n2)cc1OC. The van der Waals surface area contributed by atoms with E-state index in [1.165, 1.54) is 25.3 Å². The monoisotopic (exact) mass is 392 g/mol. The van der Waals surface area contributed by atoms with Crippen molar-refractivity contribution >= 4 is 28.9 Å². The summed E-state index contributed by atoms with van der Waals surface area (Å²) in [6.07, 6.45) is 4.34. The molecule has 0 aliphatic carbocycles. The highest BCUT2D eigenvalue weighted by molar-refractivity contribution is 5.98. The second kappa shape index (κ2) is 9.32. The molecule has 1 heterocycles. The number of rotatable bonds is 6. The molecule has 0 aliphatic rings. The lowest BCUT2D eigenvalue weighted by Crippen LogP contribution is -2.40. The van der Waals surface area contributed by atoms with Crippen LogP contribution in [0.25, 0.3) is 17.1 Å². The van der Waals surface area contributed by atoms with E-state index in [0.29, 0.717) is 29.4 Å². The number of amides is 2. The van der Waals surface area contributed by atoms with Crippen LogP contribution in [0.1, 0.15) is 23.0 Å². The quantitative estimate of drug-likeness (QED) is 0.494. The maximum Gasteiger partial charge on any atom is 0.269 e. The van der Waals surface area contributed by atoms with Crippen LogP contribution >= 0.6 is 0 Å². The van der Waals surface area contributed by atoms with E-state index in [-0.39, 0.29) is 0 Å². The average molecular weight is 392 g/mol. The first kappa shape index (κ1) is 19.8. The standard InChI is InChI=1S/C21H20N4O4/c1-3-29-18-10-8-14(12-19(18)28-2)21(27)25-24-20(26)11-9-15-13-22-16-6-4-5-7-17(16)23-15/h4-13H,3H2,1-2H3,(H,24,26)(H,25,27)/b11-9+. The Morgan fingerprint density at radius 3 is 2.62 bits per heavy atom. The van der Waals surface area contributed by atoms with Gasteiger partial charge in [-0.15, -0.1) is 0 Å². The fourth-order valence-electron chi connectivity index (χ4n) is 2.53. The van der Waals surface area contributed by atoms with Crippen LogP contribution in [0.2, 0.25) is 0 Å². The van der Waals surface area contributed by atoms with Gasteiger partial charge >= 0.3 is 0 Å². The van der Waals surface area contributed by atoms with E-state index in [0.717, 1.165) is 11.0 Å². The van der Waals surface area contributed by atoms with Crippen LogP contribution in [-0.4, -0.2) is 35.5 Å². The fourth-order valence-corrected chi connectivity index (χ4v) is 2.53. The molecule has 0 unspecified atom stereocenters. The molecular formula is C21H20N4O4. The van der Waals surface area contributed by atoms with Gasteiger partial charge in [0.2, 0.25) is 0 Å². The summed E-state index contributed by atoms with van der Waals surface area (Å²) in [5, 5.41) is 0. The predicted octanol–water partition coefficient (Wildman–Crippen LogP) is 2.51. The minimum atomic E-state index is -0.508. The van der Waals surface area contributed by atoms with E-state index in [2.05, 4.69) is 20.8 Å². The van der Waals surface area contributed by atoms with Gasteiger partial charge in [-0.05, 0) is 43.3 Å². The number of nitrogens with zero attached hydrogens (tertiary/aromatic N) is 2. The summed E-state index contributed by atoms with van der Waals surface area (Å²) in [5.41, 5.74) is 7.01. The van der Waals surface area contributed by atoms with Gasteiger partial charge in [-0.1, -0.05) is 12.1 Å². The van der Waals surface area contributed by atoms with Crippen molar-refractivity contribution in [2.45, 2.75) is 6.92 Å². The van der Waals surface area contributed by atoms with E-state index >= 15 is 0 Å². The molecule has 0 aliphatic heterocycles. The molecule has 0 saturated heterocycles. The summed E-state index contributed by atoms with van der Waals surface area (Å²) >= 11 is 0. The molecule has 0 radical (unpaired) electrons. The molecule has 8 nitrogen and oxygen atoms in total. The second-order valence-corrected chi connectivity index (χ2v) is 5.86. The highest BCUT2D eigenvalue weighted by Gasteiger charge is 2.11. The number of benzene rings is 2.